The Labute approximate surface area is 193 Å². The summed E-state index contributed by atoms with van der Waals surface area (Å²) in [5.41, 5.74) is 0. The third-order valence-corrected chi connectivity index (χ3v) is 6.61. The van der Waals surface area contributed by atoms with Gasteiger partial charge >= 0.3 is 11.9 Å². The van der Waals surface area contributed by atoms with Crippen LogP contribution in [0, 0.1) is 5.92 Å². The number of unbranched alkanes of at least 4 members (excludes halogenated alkanes) is 1. The molecular formula is C23H34N2O8. The molecule has 0 N–H and O–H groups in total. The monoisotopic (exact) mass is 466 g/mol. The standard InChI is InChI=1S/C23H34N2O8/c26-15-18-5-3-11-24(18)20(27)7-1-2-8-21(28)25-12-4-6-19(25)23(30)33-16-32-22(29)17-9-13-31-14-10-17/h15,17-19H,1-14,16H2/t18-,19-/m1/s1. The van der Waals surface area contributed by atoms with Crippen LogP contribution in [0.15, 0.2) is 0 Å². The van der Waals surface area contributed by atoms with Gasteiger partial charge in [-0.05, 0) is 51.4 Å². The number of likely N-dealkylation sites (tertiary alicyclic amines) is 2. The summed E-state index contributed by atoms with van der Waals surface area (Å²) in [4.78, 5) is 63.5. The molecule has 3 aliphatic rings. The van der Waals surface area contributed by atoms with Gasteiger partial charge in [0.1, 0.15) is 12.3 Å². The van der Waals surface area contributed by atoms with Crippen molar-refractivity contribution >= 4 is 30.0 Å². The van der Waals surface area contributed by atoms with Crippen LogP contribution in [0.3, 0.4) is 0 Å². The van der Waals surface area contributed by atoms with Gasteiger partial charge in [-0.3, -0.25) is 14.4 Å². The number of hydrogen-bond donors (Lipinski definition) is 0. The fourth-order valence-electron chi connectivity index (χ4n) is 4.69. The summed E-state index contributed by atoms with van der Waals surface area (Å²) in [7, 11) is 0. The van der Waals surface area contributed by atoms with Crippen LogP contribution in [0.4, 0.5) is 0 Å². The highest BCUT2D eigenvalue weighted by molar-refractivity contribution is 5.85. The van der Waals surface area contributed by atoms with E-state index in [2.05, 4.69) is 0 Å². The van der Waals surface area contributed by atoms with Crippen LogP contribution in [-0.4, -0.2) is 85.0 Å². The lowest BCUT2D eigenvalue weighted by molar-refractivity contribution is -0.175. The van der Waals surface area contributed by atoms with Gasteiger partial charge in [0.25, 0.3) is 0 Å². The van der Waals surface area contributed by atoms with Crippen molar-refractivity contribution in [3.05, 3.63) is 0 Å². The Bertz CT molecular complexity index is 721. The second-order valence-electron chi connectivity index (χ2n) is 8.82. The van der Waals surface area contributed by atoms with Crippen molar-refractivity contribution in [1.29, 1.82) is 0 Å². The zero-order valence-electron chi connectivity index (χ0n) is 19.1. The van der Waals surface area contributed by atoms with Crippen LogP contribution >= 0.6 is 0 Å². The summed E-state index contributed by atoms with van der Waals surface area (Å²) in [6.07, 6.45) is 6.43. The topological polar surface area (TPSA) is 120 Å². The number of hydrogen-bond acceptors (Lipinski definition) is 8. The zero-order chi connectivity index (χ0) is 23.6. The Morgan fingerprint density at radius 3 is 2.12 bits per heavy atom. The van der Waals surface area contributed by atoms with E-state index in [1.54, 1.807) is 4.90 Å². The largest absolute Gasteiger partial charge is 0.428 e. The van der Waals surface area contributed by atoms with Crippen molar-refractivity contribution in [2.45, 2.75) is 76.3 Å². The van der Waals surface area contributed by atoms with Crippen LogP contribution in [0.25, 0.3) is 0 Å². The van der Waals surface area contributed by atoms with Crippen LogP contribution in [0.2, 0.25) is 0 Å². The molecule has 3 aliphatic heterocycles. The van der Waals surface area contributed by atoms with Gasteiger partial charge in [-0.25, -0.2) is 4.79 Å². The number of rotatable bonds is 10. The first kappa shape index (κ1) is 25.1. The normalized spacial score (nSPS) is 23.4. The van der Waals surface area contributed by atoms with Gasteiger partial charge in [-0.1, -0.05) is 0 Å². The van der Waals surface area contributed by atoms with Gasteiger partial charge in [0.05, 0.1) is 12.0 Å². The van der Waals surface area contributed by atoms with Crippen molar-refractivity contribution in [2.75, 3.05) is 33.1 Å². The van der Waals surface area contributed by atoms with E-state index in [0.717, 1.165) is 19.1 Å². The predicted octanol–water partition coefficient (Wildman–Crippen LogP) is 1.20. The highest BCUT2D eigenvalue weighted by Gasteiger charge is 2.35. The number of ether oxygens (including phenoxy) is 3. The maximum Gasteiger partial charge on any atom is 0.331 e. The second kappa shape index (κ2) is 12.7. The number of carbonyl (C=O) groups is 5. The van der Waals surface area contributed by atoms with Crippen molar-refractivity contribution < 1.29 is 38.2 Å². The van der Waals surface area contributed by atoms with E-state index in [4.69, 9.17) is 14.2 Å². The second-order valence-corrected chi connectivity index (χ2v) is 8.82. The number of carbonyl (C=O) groups excluding carboxylic acids is 5. The van der Waals surface area contributed by atoms with E-state index >= 15 is 0 Å². The van der Waals surface area contributed by atoms with E-state index in [1.165, 1.54) is 4.90 Å². The smallest absolute Gasteiger partial charge is 0.331 e. The average Bonchev–Trinajstić information content (AvgIpc) is 3.51. The Hall–Kier alpha value is -2.49. The van der Waals surface area contributed by atoms with E-state index in [9.17, 15) is 24.0 Å². The maximum absolute atomic E-state index is 12.6. The molecule has 3 rings (SSSR count). The molecule has 0 aliphatic carbocycles. The summed E-state index contributed by atoms with van der Waals surface area (Å²) in [6, 6.07) is -0.981. The first-order valence-corrected chi connectivity index (χ1v) is 12.0. The van der Waals surface area contributed by atoms with Gasteiger partial charge in [-0.15, -0.1) is 0 Å². The molecule has 0 bridgehead atoms. The molecule has 0 spiro atoms. The fraction of sp³-hybridized carbons (Fsp3) is 0.783. The van der Waals surface area contributed by atoms with E-state index < -0.39 is 24.8 Å². The molecule has 33 heavy (non-hydrogen) atoms. The number of nitrogens with zero attached hydrogens (tertiary/aromatic N) is 2. The Morgan fingerprint density at radius 2 is 1.42 bits per heavy atom. The Balaban J connectivity index is 1.34. The molecule has 10 nitrogen and oxygen atoms in total. The number of amides is 2. The number of esters is 2. The third kappa shape index (κ3) is 6.99. The van der Waals surface area contributed by atoms with Gasteiger partial charge in [0.15, 0.2) is 0 Å². The molecule has 3 fully saturated rings. The maximum atomic E-state index is 12.6. The zero-order valence-corrected chi connectivity index (χ0v) is 19.1. The van der Waals surface area contributed by atoms with Gasteiger partial charge < -0.3 is 28.8 Å². The first-order valence-electron chi connectivity index (χ1n) is 12.0. The van der Waals surface area contributed by atoms with Crippen molar-refractivity contribution in [3.8, 4) is 0 Å². The summed E-state index contributed by atoms with van der Waals surface area (Å²) in [5.74, 6) is -1.38. The molecule has 0 saturated carbocycles. The van der Waals surface area contributed by atoms with Gasteiger partial charge in [0, 0.05) is 39.1 Å². The van der Waals surface area contributed by atoms with Crippen LogP contribution in [-0.2, 0) is 38.2 Å². The molecule has 0 radical (unpaired) electrons. The molecule has 3 saturated heterocycles. The van der Waals surface area contributed by atoms with Crippen LogP contribution in [0.1, 0.15) is 64.2 Å². The minimum atomic E-state index is -0.668. The quantitative estimate of drug-likeness (QED) is 0.204. The molecule has 0 aromatic heterocycles. The summed E-state index contributed by atoms with van der Waals surface area (Å²) >= 11 is 0. The van der Waals surface area contributed by atoms with Crippen molar-refractivity contribution in [2.24, 2.45) is 5.92 Å². The lowest BCUT2D eigenvalue weighted by Gasteiger charge is -2.24. The molecule has 2 atom stereocenters. The average molecular weight is 467 g/mol. The van der Waals surface area contributed by atoms with E-state index in [-0.39, 0.29) is 30.2 Å². The number of aldehydes is 1. The Morgan fingerprint density at radius 1 is 0.818 bits per heavy atom. The lowest BCUT2D eigenvalue weighted by atomic mass is 10.0. The highest BCUT2D eigenvalue weighted by atomic mass is 16.7. The molecule has 184 valence electrons. The minimum Gasteiger partial charge on any atom is -0.428 e. The summed E-state index contributed by atoms with van der Waals surface area (Å²) in [5, 5.41) is 0. The highest BCUT2D eigenvalue weighted by Crippen LogP contribution is 2.22. The third-order valence-electron chi connectivity index (χ3n) is 6.61. The SMILES string of the molecule is O=C[C@H]1CCCN1C(=O)CCCCC(=O)N1CCC[C@@H]1C(=O)OCOC(=O)C1CCOCC1. The minimum absolute atomic E-state index is 0.0463. The fourth-order valence-corrected chi connectivity index (χ4v) is 4.69. The summed E-state index contributed by atoms with van der Waals surface area (Å²) < 4.78 is 15.4. The molecular weight excluding hydrogens is 432 g/mol. The summed E-state index contributed by atoms with van der Waals surface area (Å²) in [6.45, 7) is 1.68. The van der Waals surface area contributed by atoms with E-state index in [0.29, 0.717) is 71.2 Å². The molecule has 2 amide bonds. The van der Waals surface area contributed by atoms with Gasteiger partial charge in [-0.2, -0.15) is 0 Å². The van der Waals surface area contributed by atoms with Crippen molar-refractivity contribution in [1.82, 2.24) is 9.80 Å². The predicted molar refractivity (Wildman–Crippen MR) is 115 cm³/mol. The Kier molecular flexibility index (Phi) is 9.65. The molecule has 0 aromatic carbocycles. The van der Waals surface area contributed by atoms with Crippen LogP contribution in [0.5, 0.6) is 0 Å². The first-order chi connectivity index (χ1) is 16.0. The van der Waals surface area contributed by atoms with Crippen LogP contribution < -0.4 is 0 Å². The molecule has 0 aromatic rings. The lowest BCUT2D eigenvalue weighted by Crippen LogP contribution is -2.41. The molecule has 3 heterocycles. The molecule has 10 heteroatoms. The van der Waals surface area contributed by atoms with Gasteiger partial charge in [0.2, 0.25) is 18.6 Å². The van der Waals surface area contributed by atoms with E-state index in [1.807, 2.05) is 0 Å². The van der Waals surface area contributed by atoms with Crippen molar-refractivity contribution in [3.63, 3.8) is 0 Å². The molecule has 0 unspecified atom stereocenters.